The highest BCUT2D eigenvalue weighted by atomic mass is 32.2. The molecule has 0 aliphatic heterocycles. The van der Waals surface area contributed by atoms with Crippen molar-refractivity contribution in [1.29, 1.82) is 0 Å². The van der Waals surface area contributed by atoms with Crippen LogP contribution in [0.5, 0.6) is 0 Å². The molecule has 0 radical (unpaired) electrons. The van der Waals surface area contributed by atoms with Crippen molar-refractivity contribution in [2.45, 2.75) is 11.7 Å². The van der Waals surface area contributed by atoms with Crippen LogP contribution in [-0.4, -0.2) is 48.5 Å². The molecule has 0 spiro atoms. The number of benzene rings is 1. The van der Waals surface area contributed by atoms with Crippen LogP contribution in [-0.2, 0) is 16.4 Å². The van der Waals surface area contributed by atoms with Crippen molar-refractivity contribution in [3.05, 3.63) is 54.4 Å². The standard InChI is InChI=1S/C17H19N5O2S/c1-21(2)16-14(15-9-10-18-17(20-15)25(3,23)24)11-19-22(16)12-13-7-5-4-6-8-13/h4-11H,12H2,1-3H3. The molecule has 0 aliphatic rings. The topological polar surface area (TPSA) is 81.0 Å². The second kappa shape index (κ2) is 6.64. The van der Waals surface area contributed by atoms with E-state index in [1.807, 2.05) is 54.0 Å². The second-order valence-electron chi connectivity index (χ2n) is 5.92. The molecule has 7 nitrogen and oxygen atoms in total. The second-order valence-corrected chi connectivity index (χ2v) is 7.83. The van der Waals surface area contributed by atoms with Gasteiger partial charge < -0.3 is 4.90 Å². The number of sulfone groups is 1. The van der Waals surface area contributed by atoms with Crippen molar-refractivity contribution < 1.29 is 8.42 Å². The lowest BCUT2D eigenvalue weighted by atomic mass is 10.2. The first-order valence-electron chi connectivity index (χ1n) is 7.67. The SMILES string of the molecule is CN(C)c1c(-c2ccnc(S(C)(=O)=O)n2)cnn1Cc1ccccc1. The molecule has 0 bridgehead atoms. The minimum Gasteiger partial charge on any atom is -0.362 e. The minimum absolute atomic E-state index is 0.189. The van der Waals surface area contributed by atoms with Gasteiger partial charge in [0.15, 0.2) is 0 Å². The molecular weight excluding hydrogens is 338 g/mol. The maximum atomic E-state index is 11.7. The van der Waals surface area contributed by atoms with Gasteiger partial charge in [-0.25, -0.2) is 23.1 Å². The van der Waals surface area contributed by atoms with Gasteiger partial charge in [0.2, 0.25) is 15.0 Å². The molecule has 0 N–H and O–H groups in total. The largest absolute Gasteiger partial charge is 0.362 e. The van der Waals surface area contributed by atoms with Gasteiger partial charge in [0.1, 0.15) is 5.82 Å². The molecule has 0 amide bonds. The predicted molar refractivity (Wildman–Crippen MR) is 96.2 cm³/mol. The van der Waals surface area contributed by atoms with Crippen LogP contribution in [0, 0.1) is 0 Å². The third kappa shape index (κ3) is 3.69. The summed E-state index contributed by atoms with van der Waals surface area (Å²) in [7, 11) is 0.363. The van der Waals surface area contributed by atoms with E-state index in [9.17, 15) is 8.42 Å². The predicted octanol–water partition coefficient (Wildman–Crippen LogP) is 1.86. The molecule has 0 saturated carbocycles. The highest BCUT2D eigenvalue weighted by molar-refractivity contribution is 7.90. The molecule has 1 aromatic carbocycles. The Labute approximate surface area is 146 Å². The van der Waals surface area contributed by atoms with Crippen molar-refractivity contribution in [1.82, 2.24) is 19.7 Å². The van der Waals surface area contributed by atoms with E-state index in [1.54, 1.807) is 12.3 Å². The van der Waals surface area contributed by atoms with Gasteiger partial charge >= 0.3 is 0 Å². The van der Waals surface area contributed by atoms with Gasteiger partial charge in [-0.3, -0.25) is 0 Å². The molecule has 0 fully saturated rings. The van der Waals surface area contributed by atoms with E-state index in [-0.39, 0.29) is 5.16 Å². The monoisotopic (exact) mass is 357 g/mol. The van der Waals surface area contributed by atoms with Crippen molar-refractivity contribution >= 4 is 15.7 Å². The van der Waals surface area contributed by atoms with E-state index >= 15 is 0 Å². The molecule has 25 heavy (non-hydrogen) atoms. The molecule has 3 rings (SSSR count). The lowest BCUT2D eigenvalue weighted by molar-refractivity contribution is 0.593. The molecule has 2 heterocycles. The summed E-state index contributed by atoms with van der Waals surface area (Å²) in [5.41, 5.74) is 2.41. The summed E-state index contributed by atoms with van der Waals surface area (Å²) < 4.78 is 25.3. The first kappa shape index (κ1) is 17.1. The van der Waals surface area contributed by atoms with Crippen molar-refractivity contribution in [2.24, 2.45) is 0 Å². The zero-order valence-corrected chi connectivity index (χ0v) is 15.1. The number of anilines is 1. The van der Waals surface area contributed by atoms with E-state index in [4.69, 9.17) is 0 Å². The Morgan fingerprint density at radius 3 is 2.48 bits per heavy atom. The smallest absolute Gasteiger partial charge is 0.247 e. The summed E-state index contributed by atoms with van der Waals surface area (Å²) in [5, 5.41) is 4.28. The lowest BCUT2D eigenvalue weighted by Crippen LogP contribution is -2.16. The van der Waals surface area contributed by atoms with Crippen LogP contribution in [0.4, 0.5) is 5.82 Å². The van der Waals surface area contributed by atoms with E-state index in [1.165, 1.54) is 6.20 Å². The van der Waals surface area contributed by atoms with Crippen LogP contribution >= 0.6 is 0 Å². The van der Waals surface area contributed by atoms with Crippen LogP contribution in [0.2, 0.25) is 0 Å². The van der Waals surface area contributed by atoms with Gasteiger partial charge in [0, 0.05) is 26.5 Å². The van der Waals surface area contributed by atoms with Crippen LogP contribution in [0.25, 0.3) is 11.3 Å². The fraction of sp³-hybridized carbons (Fsp3) is 0.235. The molecule has 2 aromatic heterocycles. The average Bonchev–Trinajstić information content (AvgIpc) is 2.99. The summed E-state index contributed by atoms with van der Waals surface area (Å²) in [6.45, 7) is 0.609. The first-order valence-corrected chi connectivity index (χ1v) is 9.56. The quantitative estimate of drug-likeness (QED) is 0.648. The zero-order chi connectivity index (χ0) is 18.0. The van der Waals surface area contributed by atoms with Crippen molar-refractivity contribution in [3.8, 4) is 11.3 Å². The molecule has 130 valence electrons. The Hall–Kier alpha value is -2.74. The first-order chi connectivity index (χ1) is 11.9. The summed E-state index contributed by atoms with van der Waals surface area (Å²) in [4.78, 5) is 9.98. The van der Waals surface area contributed by atoms with Crippen LogP contribution < -0.4 is 4.90 Å². The Morgan fingerprint density at radius 2 is 1.84 bits per heavy atom. The van der Waals surface area contributed by atoms with Crippen molar-refractivity contribution in [3.63, 3.8) is 0 Å². The number of rotatable bonds is 5. The van der Waals surface area contributed by atoms with Crippen LogP contribution in [0.1, 0.15) is 5.56 Å². The number of aromatic nitrogens is 4. The zero-order valence-electron chi connectivity index (χ0n) is 14.3. The third-order valence-electron chi connectivity index (χ3n) is 3.65. The van der Waals surface area contributed by atoms with E-state index in [2.05, 4.69) is 15.1 Å². The fourth-order valence-corrected chi connectivity index (χ4v) is 3.09. The summed E-state index contributed by atoms with van der Waals surface area (Å²) in [6.07, 6.45) is 4.25. The van der Waals surface area contributed by atoms with Crippen LogP contribution in [0.15, 0.2) is 53.9 Å². The summed E-state index contributed by atoms with van der Waals surface area (Å²) >= 11 is 0. The lowest BCUT2D eigenvalue weighted by Gasteiger charge is -2.17. The molecular formula is C17H19N5O2S. The van der Waals surface area contributed by atoms with Gasteiger partial charge in [-0.2, -0.15) is 5.10 Å². The molecule has 3 aromatic rings. The highest BCUT2D eigenvalue weighted by Crippen LogP contribution is 2.29. The highest BCUT2D eigenvalue weighted by Gasteiger charge is 2.18. The van der Waals surface area contributed by atoms with Gasteiger partial charge in [0.25, 0.3) is 0 Å². The molecule has 8 heteroatoms. The van der Waals surface area contributed by atoms with E-state index in [0.717, 1.165) is 23.2 Å². The normalized spacial score (nSPS) is 11.5. The maximum absolute atomic E-state index is 11.7. The van der Waals surface area contributed by atoms with E-state index in [0.29, 0.717) is 12.2 Å². The Morgan fingerprint density at radius 1 is 1.12 bits per heavy atom. The van der Waals surface area contributed by atoms with Crippen molar-refractivity contribution in [2.75, 3.05) is 25.3 Å². The van der Waals surface area contributed by atoms with Gasteiger partial charge in [-0.15, -0.1) is 0 Å². The third-order valence-corrected chi connectivity index (χ3v) is 4.51. The maximum Gasteiger partial charge on any atom is 0.247 e. The molecule has 0 aliphatic carbocycles. The number of hydrogen-bond donors (Lipinski definition) is 0. The number of hydrogen-bond acceptors (Lipinski definition) is 6. The summed E-state index contributed by atoms with van der Waals surface area (Å²) in [5.74, 6) is 0.849. The molecule has 0 saturated heterocycles. The van der Waals surface area contributed by atoms with Gasteiger partial charge in [0.05, 0.1) is 24.0 Å². The Balaban J connectivity index is 2.06. The fourth-order valence-electron chi connectivity index (χ4n) is 2.57. The van der Waals surface area contributed by atoms with E-state index < -0.39 is 9.84 Å². The Bertz CT molecular complexity index is 981. The van der Waals surface area contributed by atoms with Crippen LogP contribution in [0.3, 0.4) is 0 Å². The summed E-state index contributed by atoms with van der Waals surface area (Å²) in [6, 6.07) is 11.7. The van der Waals surface area contributed by atoms with Gasteiger partial charge in [-0.1, -0.05) is 30.3 Å². The molecule has 0 unspecified atom stereocenters. The molecule has 0 atom stereocenters. The minimum atomic E-state index is -3.47. The Kier molecular flexibility index (Phi) is 4.54. The number of nitrogens with zero attached hydrogens (tertiary/aromatic N) is 5. The van der Waals surface area contributed by atoms with Gasteiger partial charge in [-0.05, 0) is 11.6 Å². The average molecular weight is 357 g/mol.